The van der Waals surface area contributed by atoms with Gasteiger partial charge in [-0.25, -0.2) is 9.18 Å². The van der Waals surface area contributed by atoms with Crippen molar-refractivity contribution >= 4 is 22.8 Å². The molecule has 3 aromatic rings. The third-order valence-electron chi connectivity index (χ3n) is 7.67. The van der Waals surface area contributed by atoms with Gasteiger partial charge in [0, 0.05) is 49.2 Å². The van der Waals surface area contributed by atoms with Crippen LogP contribution in [0, 0.1) is 5.82 Å². The van der Waals surface area contributed by atoms with Crippen molar-refractivity contribution in [3.8, 4) is 11.5 Å². The van der Waals surface area contributed by atoms with Crippen LogP contribution in [0.15, 0.2) is 48.6 Å². The zero-order chi connectivity index (χ0) is 25.2. The molecule has 1 saturated heterocycles. The second-order valence-corrected chi connectivity index (χ2v) is 9.81. The lowest BCUT2D eigenvalue weighted by Crippen LogP contribution is -2.53. The Hall–Kier alpha value is -3.85. The summed E-state index contributed by atoms with van der Waals surface area (Å²) in [6.07, 6.45) is 4.29. The smallest absolute Gasteiger partial charge is 0.328 e. The number of amides is 3. The molecule has 9 heteroatoms. The first kappa shape index (κ1) is 22.6. The Bertz CT molecular complexity index is 1420. The van der Waals surface area contributed by atoms with Crippen LogP contribution in [0.4, 0.5) is 9.18 Å². The van der Waals surface area contributed by atoms with Gasteiger partial charge in [0.25, 0.3) is 5.91 Å². The minimum atomic E-state index is -1.21. The summed E-state index contributed by atoms with van der Waals surface area (Å²) in [5.41, 5.74) is 1.25. The minimum absolute atomic E-state index is 0.0432. The van der Waals surface area contributed by atoms with Gasteiger partial charge in [0.2, 0.25) is 0 Å². The summed E-state index contributed by atoms with van der Waals surface area (Å²) >= 11 is 0. The molecule has 0 saturated carbocycles. The molecule has 2 aromatic carbocycles. The van der Waals surface area contributed by atoms with Crippen molar-refractivity contribution in [2.24, 2.45) is 0 Å². The molecule has 3 aliphatic heterocycles. The fourth-order valence-electron chi connectivity index (χ4n) is 5.89. The summed E-state index contributed by atoms with van der Waals surface area (Å²) in [5, 5.41) is 10.6. The molecule has 2 atom stereocenters. The SMILES string of the molecule is COc1ccc2[nH]c3c(c2c1F)CC1(C)C(=O)N(CCN2CC=CC2)C(=O)N1C3c1cccc(O)c1. The number of aromatic hydroxyl groups is 1. The monoisotopic (exact) mass is 490 g/mol. The van der Waals surface area contributed by atoms with Crippen molar-refractivity contribution in [2.45, 2.75) is 24.9 Å². The van der Waals surface area contributed by atoms with Crippen molar-refractivity contribution in [2.75, 3.05) is 33.3 Å². The van der Waals surface area contributed by atoms with E-state index in [4.69, 9.17) is 4.74 Å². The number of ether oxygens (including phenoxy) is 1. The molecule has 0 radical (unpaired) electrons. The van der Waals surface area contributed by atoms with E-state index in [-0.39, 0.29) is 36.4 Å². The fraction of sp³-hybridized carbons (Fsp3) is 0.333. The number of hydrogen-bond acceptors (Lipinski definition) is 5. The Kier molecular flexibility index (Phi) is 5.08. The molecule has 2 N–H and O–H groups in total. The van der Waals surface area contributed by atoms with E-state index < -0.39 is 17.4 Å². The molecular formula is C27H27FN4O4. The number of aromatic nitrogens is 1. The highest BCUT2D eigenvalue weighted by atomic mass is 19.1. The van der Waals surface area contributed by atoms with Crippen LogP contribution in [0.25, 0.3) is 10.9 Å². The number of carbonyl (C=O) groups is 2. The van der Waals surface area contributed by atoms with E-state index >= 15 is 4.39 Å². The van der Waals surface area contributed by atoms with E-state index in [0.717, 1.165) is 13.1 Å². The number of benzene rings is 2. The first-order valence-corrected chi connectivity index (χ1v) is 12.0. The van der Waals surface area contributed by atoms with Crippen molar-refractivity contribution in [3.63, 3.8) is 0 Å². The standard InChI is InChI=1S/C27H27FN4O4/c1-27-15-18-21-19(8-9-20(36-2)22(21)28)29-23(18)24(16-6-5-7-17(33)14-16)32(27)26(35)31(25(27)34)13-12-30-10-3-4-11-30/h3-9,14,24,29,33H,10-13,15H2,1-2H3. The quantitative estimate of drug-likeness (QED) is 0.422. The lowest BCUT2D eigenvalue weighted by molar-refractivity contribution is -0.133. The summed E-state index contributed by atoms with van der Waals surface area (Å²) in [7, 11) is 1.41. The van der Waals surface area contributed by atoms with Gasteiger partial charge in [0.15, 0.2) is 11.6 Å². The molecular weight excluding hydrogens is 463 g/mol. The topological polar surface area (TPSA) is 89.1 Å². The van der Waals surface area contributed by atoms with Crippen molar-refractivity contribution in [1.29, 1.82) is 0 Å². The maximum Gasteiger partial charge on any atom is 0.328 e. The highest BCUT2D eigenvalue weighted by molar-refractivity contribution is 6.08. The van der Waals surface area contributed by atoms with Crippen molar-refractivity contribution < 1.29 is 23.8 Å². The number of H-pyrrole nitrogens is 1. The Morgan fingerprint density at radius 1 is 1.17 bits per heavy atom. The van der Waals surface area contributed by atoms with Crippen LogP contribution in [0.2, 0.25) is 0 Å². The molecule has 6 rings (SSSR count). The molecule has 2 unspecified atom stereocenters. The highest BCUT2D eigenvalue weighted by Crippen LogP contribution is 2.49. The average Bonchev–Trinajstić information content (AvgIpc) is 3.54. The summed E-state index contributed by atoms with van der Waals surface area (Å²) in [6.45, 7) is 4.18. The number of fused-ring (bicyclic) bond motifs is 4. The van der Waals surface area contributed by atoms with Crippen LogP contribution in [-0.2, 0) is 11.2 Å². The molecule has 0 aliphatic carbocycles. The number of urea groups is 1. The molecule has 8 nitrogen and oxygen atoms in total. The van der Waals surface area contributed by atoms with Gasteiger partial charge in [-0.15, -0.1) is 0 Å². The van der Waals surface area contributed by atoms with Gasteiger partial charge >= 0.3 is 6.03 Å². The zero-order valence-corrected chi connectivity index (χ0v) is 20.1. The summed E-state index contributed by atoms with van der Waals surface area (Å²) in [5.74, 6) is -0.649. The normalized spacial score (nSPS) is 23.6. The number of phenolic OH excluding ortho intramolecular Hbond substituents is 1. The Balaban J connectivity index is 1.50. The zero-order valence-electron chi connectivity index (χ0n) is 20.1. The van der Waals surface area contributed by atoms with Gasteiger partial charge in [0.1, 0.15) is 17.3 Å². The first-order chi connectivity index (χ1) is 17.3. The van der Waals surface area contributed by atoms with E-state index in [1.54, 1.807) is 48.2 Å². The maximum absolute atomic E-state index is 15.5. The number of halogens is 1. The first-order valence-electron chi connectivity index (χ1n) is 12.0. The van der Waals surface area contributed by atoms with E-state index in [2.05, 4.69) is 22.0 Å². The van der Waals surface area contributed by atoms with Crippen LogP contribution < -0.4 is 4.74 Å². The van der Waals surface area contributed by atoms with Gasteiger partial charge in [-0.2, -0.15) is 0 Å². The molecule has 1 aromatic heterocycles. The predicted molar refractivity (Wildman–Crippen MR) is 131 cm³/mol. The molecule has 4 heterocycles. The molecule has 186 valence electrons. The lowest BCUT2D eigenvalue weighted by Gasteiger charge is -2.42. The molecule has 3 aliphatic rings. The largest absolute Gasteiger partial charge is 0.508 e. The third-order valence-corrected chi connectivity index (χ3v) is 7.67. The van der Waals surface area contributed by atoms with Crippen LogP contribution >= 0.6 is 0 Å². The molecule has 3 amide bonds. The second-order valence-electron chi connectivity index (χ2n) is 9.81. The number of phenols is 1. The second kappa shape index (κ2) is 8.09. The number of nitrogens with one attached hydrogen (secondary N) is 1. The lowest BCUT2D eigenvalue weighted by atomic mass is 9.81. The average molecular weight is 491 g/mol. The maximum atomic E-state index is 15.5. The van der Waals surface area contributed by atoms with Crippen LogP contribution in [0.3, 0.4) is 0 Å². The predicted octanol–water partition coefficient (Wildman–Crippen LogP) is 3.56. The van der Waals surface area contributed by atoms with Gasteiger partial charge < -0.3 is 14.8 Å². The van der Waals surface area contributed by atoms with Crippen LogP contribution in [-0.4, -0.2) is 75.6 Å². The Morgan fingerprint density at radius 2 is 1.94 bits per heavy atom. The molecule has 36 heavy (non-hydrogen) atoms. The summed E-state index contributed by atoms with van der Waals surface area (Å²) in [4.78, 5) is 36.1. The minimum Gasteiger partial charge on any atom is -0.508 e. The van der Waals surface area contributed by atoms with E-state index in [9.17, 15) is 14.7 Å². The van der Waals surface area contributed by atoms with Crippen LogP contribution in [0.1, 0.15) is 29.8 Å². The summed E-state index contributed by atoms with van der Waals surface area (Å²) < 4.78 is 20.7. The Morgan fingerprint density at radius 3 is 2.67 bits per heavy atom. The molecule has 1 fully saturated rings. The van der Waals surface area contributed by atoms with Gasteiger partial charge in [0.05, 0.1) is 7.11 Å². The fourth-order valence-corrected chi connectivity index (χ4v) is 5.89. The van der Waals surface area contributed by atoms with Crippen LogP contribution in [0.5, 0.6) is 11.5 Å². The number of hydrogen-bond donors (Lipinski definition) is 2. The number of methoxy groups -OCH3 is 1. The summed E-state index contributed by atoms with van der Waals surface area (Å²) in [6, 6.07) is 8.83. The van der Waals surface area contributed by atoms with Crippen molar-refractivity contribution in [3.05, 3.63) is 71.2 Å². The number of aromatic amines is 1. The molecule has 0 bridgehead atoms. The van der Waals surface area contributed by atoms with E-state index in [1.165, 1.54) is 12.0 Å². The van der Waals surface area contributed by atoms with Crippen molar-refractivity contribution in [1.82, 2.24) is 19.7 Å². The van der Waals surface area contributed by atoms with Gasteiger partial charge in [-0.05, 0) is 42.3 Å². The number of rotatable bonds is 5. The van der Waals surface area contributed by atoms with E-state index in [0.29, 0.717) is 34.3 Å². The van der Waals surface area contributed by atoms with Gasteiger partial charge in [-0.3, -0.25) is 19.5 Å². The number of nitrogens with zero attached hydrogens (tertiary/aromatic N) is 3. The van der Waals surface area contributed by atoms with E-state index in [1.807, 2.05) is 0 Å². The number of carbonyl (C=O) groups excluding carboxylic acids is 2. The molecule has 0 spiro atoms. The third kappa shape index (κ3) is 3.15. The highest BCUT2D eigenvalue weighted by Gasteiger charge is 2.60. The van der Waals surface area contributed by atoms with Gasteiger partial charge in [-0.1, -0.05) is 24.3 Å². The number of imide groups is 1. The Labute approximate surface area is 207 Å².